The van der Waals surface area contributed by atoms with Crippen molar-refractivity contribution in [3.05, 3.63) is 386 Å². The largest absolute Gasteiger partial charge is 0.456 e. The summed E-state index contributed by atoms with van der Waals surface area (Å²) in [6.45, 7) is 9.45. The molecular weight excluding hydrogens is 1290 g/mol. The van der Waals surface area contributed by atoms with Gasteiger partial charge in [0.2, 0.25) is 0 Å². The third-order valence-electron chi connectivity index (χ3n) is 23.9. The van der Waals surface area contributed by atoms with E-state index >= 15 is 0 Å². The average Bonchev–Trinajstić information content (AvgIpc) is 1.44. The zero-order valence-electron chi connectivity index (χ0n) is 60.0. The van der Waals surface area contributed by atoms with Crippen molar-refractivity contribution in [3.63, 3.8) is 0 Å². The van der Waals surface area contributed by atoms with Crippen LogP contribution in [0.2, 0.25) is 0 Å². The summed E-state index contributed by atoms with van der Waals surface area (Å²) in [5, 5.41) is 20.0. The Bertz CT molecular complexity index is 6970. The highest BCUT2D eigenvalue weighted by Gasteiger charge is 2.38. The number of benzene rings is 19. The Morgan fingerprint density at radius 2 is 0.514 bits per heavy atom. The fourth-order valence-electron chi connectivity index (χ4n) is 18.6. The first-order valence-electron chi connectivity index (χ1n) is 37.5. The Morgan fingerprint density at radius 3 is 0.981 bits per heavy atom. The van der Waals surface area contributed by atoms with Crippen molar-refractivity contribution in [3.8, 4) is 100 Å². The standard InChI is InChI=1S/C55H36O.C51H36/c1-55(2)48-26-23-38(30-45(48)46-29-36-12-3-4-13-37(36)32-49(46)55)33-19-21-35(22-20-33)52-41-15-7-9-17-43(41)53(44-18-10-8-16-42(44)52)39-25-27-50-47(31-39)54-40-14-6-5-11-34(40)24-28-51(54)56-50;1-51(2)47-29-28-38(31-45(47)46-30-36-16-6-7-17-37(36)32-48(46)51)33-24-26-35(27-25-33)49-41-20-10-12-22-43(41)50(44-23-13-11-21-42(44)49)40-19-9-8-18-39(40)34-14-4-3-5-15-34/h3-32H,1-2H3;3-32H,1-2H3. The van der Waals surface area contributed by atoms with Gasteiger partial charge in [0.25, 0.3) is 0 Å². The molecule has 0 saturated heterocycles. The van der Waals surface area contributed by atoms with Crippen molar-refractivity contribution in [2.24, 2.45) is 0 Å². The second-order valence-electron chi connectivity index (χ2n) is 30.5. The minimum Gasteiger partial charge on any atom is -0.456 e. The van der Waals surface area contributed by atoms with Gasteiger partial charge in [0.15, 0.2) is 0 Å². The van der Waals surface area contributed by atoms with Crippen LogP contribution >= 0.6 is 0 Å². The molecule has 0 aliphatic heterocycles. The highest BCUT2D eigenvalue weighted by molar-refractivity contribution is 6.25. The van der Waals surface area contributed by atoms with E-state index in [1.165, 1.54) is 203 Å². The molecule has 1 heteroatoms. The van der Waals surface area contributed by atoms with E-state index in [4.69, 9.17) is 4.42 Å². The monoisotopic (exact) mass is 1360 g/mol. The molecule has 0 bridgehead atoms. The lowest BCUT2D eigenvalue weighted by Crippen LogP contribution is -2.14. The summed E-state index contributed by atoms with van der Waals surface area (Å²) in [4.78, 5) is 0. The third kappa shape index (κ3) is 9.84. The van der Waals surface area contributed by atoms with Gasteiger partial charge in [-0.3, -0.25) is 0 Å². The van der Waals surface area contributed by atoms with Crippen LogP contribution < -0.4 is 0 Å². The first-order chi connectivity index (χ1) is 52.6. The van der Waals surface area contributed by atoms with Crippen molar-refractivity contribution in [2.45, 2.75) is 38.5 Å². The van der Waals surface area contributed by atoms with Crippen molar-refractivity contribution in [1.29, 1.82) is 0 Å². The Balaban J connectivity index is 0.000000138. The molecule has 0 N–H and O–H groups in total. The predicted octanol–water partition coefficient (Wildman–Crippen LogP) is 29.6. The van der Waals surface area contributed by atoms with Crippen molar-refractivity contribution >= 4 is 97.3 Å². The molecule has 0 atom stereocenters. The summed E-state index contributed by atoms with van der Waals surface area (Å²) in [6, 6.07) is 135. The van der Waals surface area contributed by atoms with Gasteiger partial charge < -0.3 is 4.42 Å². The minimum atomic E-state index is -0.0438. The quantitative estimate of drug-likeness (QED) is 0.145. The molecule has 107 heavy (non-hydrogen) atoms. The maximum absolute atomic E-state index is 6.41. The molecule has 20 aromatic rings. The van der Waals surface area contributed by atoms with Gasteiger partial charge in [-0.1, -0.05) is 337 Å². The van der Waals surface area contributed by atoms with E-state index < -0.39 is 0 Å². The summed E-state index contributed by atoms with van der Waals surface area (Å²) in [6.07, 6.45) is 0. The van der Waals surface area contributed by atoms with Crippen LogP contribution in [0, 0.1) is 0 Å². The van der Waals surface area contributed by atoms with E-state index in [9.17, 15) is 0 Å². The molecule has 502 valence electrons. The van der Waals surface area contributed by atoms with Crippen molar-refractivity contribution in [2.75, 3.05) is 0 Å². The molecule has 22 rings (SSSR count). The van der Waals surface area contributed by atoms with E-state index in [2.05, 4.69) is 392 Å². The van der Waals surface area contributed by atoms with Gasteiger partial charge in [-0.2, -0.15) is 0 Å². The topological polar surface area (TPSA) is 13.1 Å². The van der Waals surface area contributed by atoms with Crippen LogP contribution in [-0.2, 0) is 10.8 Å². The molecule has 1 nitrogen and oxygen atoms in total. The smallest absolute Gasteiger partial charge is 0.136 e. The number of fused-ring (bicyclic) bond motifs is 17. The number of furan rings is 1. The minimum absolute atomic E-state index is 0.0348. The van der Waals surface area contributed by atoms with Gasteiger partial charge >= 0.3 is 0 Å². The maximum Gasteiger partial charge on any atom is 0.136 e. The lowest BCUT2D eigenvalue weighted by Gasteiger charge is -2.22. The second-order valence-corrected chi connectivity index (χ2v) is 30.5. The summed E-state index contributed by atoms with van der Waals surface area (Å²) in [5.74, 6) is 0. The van der Waals surface area contributed by atoms with E-state index in [1.807, 2.05) is 0 Å². The van der Waals surface area contributed by atoms with E-state index in [-0.39, 0.29) is 10.8 Å². The predicted molar refractivity (Wildman–Crippen MR) is 456 cm³/mol. The maximum atomic E-state index is 6.41. The van der Waals surface area contributed by atoms with Crippen LogP contribution in [0.1, 0.15) is 49.9 Å². The fraction of sp³-hybridized carbons (Fsp3) is 0.0566. The second kappa shape index (κ2) is 24.2. The molecule has 2 aliphatic rings. The van der Waals surface area contributed by atoms with Crippen LogP contribution in [0.15, 0.2) is 368 Å². The summed E-state index contributed by atoms with van der Waals surface area (Å²) < 4.78 is 6.41. The Kier molecular flexibility index (Phi) is 14.1. The summed E-state index contributed by atoms with van der Waals surface area (Å²) in [7, 11) is 0. The van der Waals surface area contributed by atoms with Crippen molar-refractivity contribution in [1.82, 2.24) is 0 Å². The van der Waals surface area contributed by atoms with E-state index in [0.29, 0.717) is 0 Å². The van der Waals surface area contributed by atoms with Crippen LogP contribution in [0.4, 0.5) is 0 Å². The average molecular weight is 1360 g/mol. The molecule has 0 unspecified atom stereocenters. The van der Waals surface area contributed by atoms with Crippen LogP contribution in [0.25, 0.3) is 197 Å². The number of rotatable bonds is 7. The van der Waals surface area contributed by atoms with Gasteiger partial charge in [0.05, 0.1) is 0 Å². The Morgan fingerprint density at radius 1 is 0.178 bits per heavy atom. The van der Waals surface area contributed by atoms with Gasteiger partial charge in [-0.25, -0.2) is 0 Å². The molecule has 19 aromatic carbocycles. The molecule has 2 aliphatic carbocycles. The highest BCUT2D eigenvalue weighted by Crippen LogP contribution is 2.55. The van der Waals surface area contributed by atoms with Crippen LogP contribution in [0.3, 0.4) is 0 Å². The number of hydrogen-bond donors (Lipinski definition) is 0. The lowest BCUT2D eigenvalue weighted by molar-refractivity contribution is 0.661. The molecule has 0 spiro atoms. The van der Waals surface area contributed by atoms with Gasteiger partial charge in [-0.15, -0.1) is 0 Å². The van der Waals surface area contributed by atoms with Crippen molar-refractivity contribution < 1.29 is 4.42 Å². The molecule has 1 heterocycles. The SMILES string of the molecule is CC1(C)c2ccc(-c3ccc(-c4c5ccccc5c(-c5ccc6oc7ccc8ccccc8c7c6c5)c5ccccc45)cc3)cc2-c2cc3ccccc3cc21.CC1(C)c2ccc(-c3ccc(-c4c5ccccc5c(-c5ccccc5-c5ccccc5)c5ccccc45)cc3)cc2-c2cc3ccccc3cc21. The third-order valence-corrected chi connectivity index (χ3v) is 23.9. The molecule has 1 aromatic heterocycles. The lowest BCUT2D eigenvalue weighted by atomic mass is 9.81. The number of hydrogen-bond acceptors (Lipinski definition) is 1. The first-order valence-corrected chi connectivity index (χ1v) is 37.5. The normalized spacial score (nSPS) is 13.2. The summed E-state index contributed by atoms with van der Waals surface area (Å²) >= 11 is 0. The first kappa shape index (κ1) is 62.4. The molecule has 0 radical (unpaired) electrons. The van der Waals surface area contributed by atoms with Gasteiger partial charge in [-0.05, 0) is 252 Å². The molecule has 0 amide bonds. The fourth-order valence-corrected chi connectivity index (χ4v) is 18.6. The van der Waals surface area contributed by atoms with Crippen LogP contribution in [0.5, 0.6) is 0 Å². The molecule has 0 fully saturated rings. The zero-order chi connectivity index (χ0) is 71.2. The molecule has 0 saturated carbocycles. The molecular formula is C106H72O. The highest BCUT2D eigenvalue weighted by atomic mass is 16.3. The van der Waals surface area contributed by atoms with E-state index in [1.54, 1.807) is 0 Å². The van der Waals surface area contributed by atoms with Gasteiger partial charge in [0, 0.05) is 21.6 Å². The Labute approximate surface area is 622 Å². The Hall–Kier alpha value is -13.2. The summed E-state index contributed by atoms with van der Waals surface area (Å²) in [5.41, 5.74) is 30.2. The zero-order valence-corrected chi connectivity index (χ0v) is 60.0. The van der Waals surface area contributed by atoms with Gasteiger partial charge in [0.1, 0.15) is 11.2 Å². The van der Waals surface area contributed by atoms with E-state index in [0.717, 1.165) is 16.6 Å². The van der Waals surface area contributed by atoms with Crippen LogP contribution in [-0.4, -0.2) is 0 Å².